The predicted octanol–water partition coefficient (Wildman–Crippen LogP) is 3.91. The minimum absolute atomic E-state index is 0.135. The first-order chi connectivity index (χ1) is 13.7. The number of halogens is 3. The number of hydrogen-bond acceptors (Lipinski definition) is 5. The molecule has 0 aromatic heterocycles. The van der Waals surface area contributed by atoms with Crippen molar-refractivity contribution in [2.45, 2.75) is 25.4 Å². The van der Waals surface area contributed by atoms with Crippen LogP contribution in [0.25, 0.3) is 0 Å². The monoisotopic (exact) mass is 406 g/mol. The van der Waals surface area contributed by atoms with Gasteiger partial charge in [0.05, 0.1) is 29.3 Å². The average Bonchev–Trinajstić information content (AvgIpc) is 3.06. The molecule has 9 heteroatoms. The molecule has 0 saturated carbocycles. The highest BCUT2D eigenvalue weighted by atomic mass is 19.4. The van der Waals surface area contributed by atoms with Gasteiger partial charge in [-0.05, 0) is 49.4 Å². The molecule has 2 aromatic carbocycles. The first kappa shape index (κ1) is 20.5. The zero-order valence-corrected chi connectivity index (χ0v) is 15.3. The van der Waals surface area contributed by atoms with Crippen LogP contribution in [0.4, 0.5) is 18.9 Å². The van der Waals surface area contributed by atoms with Crippen LogP contribution in [0.3, 0.4) is 0 Å². The zero-order valence-electron chi connectivity index (χ0n) is 15.3. The molecule has 0 amide bonds. The number of rotatable bonds is 5. The maximum atomic E-state index is 13.2. The number of aromatic carboxylic acids is 1. The molecule has 0 bridgehead atoms. The highest BCUT2D eigenvalue weighted by molar-refractivity contribution is 5.87. The third kappa shape index (κ3) is 4.60. The van der Waals surface area contributed by atoms with Crippen molar-refractivity contribution in [3.05, 3.63) is 59.2 Å². The standard InChI is InChI=1S/C20H17F3N2O4/c1-12-25(15-5-2-14(9-24)18(8-15)20(21,22)23)10-17(29-12)11-28-16-6-3-13(4-7-16)19(26)27/h2-8,12,17H,10-11H2,1H3,(H,26,27)/t12-,17+/m1/s1. The smallest absolute Gasteiger partial charge is 0.417 e. The molecule has 1 saturated heterocycles. The van der Waals surface area contributed by atoms with Crippen molar-refractivity contribution in [2.75, 3.05) is 18.1 Å². The maximum Gasteiger partial charge on any atom is 0.417 e. The quantitative estimate of drug-likeness (QED) is 0.811. The molecule has 1 N–H and O–H groups in total. The van der Waals surface area contributed by atoms with E-state index < -0.39 is 35.6 Å². The molecule has 0 aliphatic carbocycles. The van der Waals surface area contributed by atoms with Crippen LogP contribution in [-0.4, -0.2) is 36.6 Å². The lowest BCUT2D eigenvalue weighted by Crippen LogP contribution is -2.28. The fourth-order valence-electron chi connectivity index (χ4n) is 3.10. The summed E-state index contributed by atoms with van der Waals surface area (Å²) >= 11 is 0. The van der Waals surface area contributed by atoms with Crippen molar-refractivity contribution in [3.8, 4) is 11.8 Å². The number of alkyl halides is 3. The van der Waals surface area contributed by atoms with Crippen LogP contribution in [0.5, 0.6) is 5.75 Å². The Labute approximate surface area is 164 Å². The highest BCUT2D eigenvalue weighted by Gasteiger charge is 2.36. The lowest BCUT2D eigenvalue weighted by molar-refractivity contribution is -0.137. The van der Waals surface area contributed by atoms with Gasteiger partial charge in [-0.15, -0.1) is 0 Å². The number of carboxylic acids is 1. The van der Waals surface area contributed by atoms with Crippen LogP contribution in [0.1, 0.15) is 28.4 Å². The van der Waals surface area contributed by atoms with Gasteiger partial charge in [0, 0.05) is 5.69 Å². The van der Waals surface area contributed by atoms with Crippen LogP contribution in [0.15, 0.2) is 42.5 Å². The van der Waals surface area contributed by atoms with Gasteiger partial charge < -0.3 is 19.5 Å². The number of ether oxygens (including phenoxy) is 2. The topological polar surface area (TPSA) is 82.8 Å². The molecule has 1 aliphatic rings. The summed E-state index contributed by atoms with van der Waals surface area (Å²) in [6, 6.07) is 11.0. The van der Waals surface area contributed by atoms with Crippen molar-refractivity contribution in [1.82, 2.24) is 0 Å². The first-order valence-electron chi connectivity index (χ1n) is 8.68. The summed E-state index contributed by atoms with van der Waals surface area (Å²) in [6.45, 7) is 2.17. The maximum absolute atomic E-state index is 13.2. The van der Waals surface area contributed by atoms with Crippen LogP contribution in [-0.2, 0) is 10.9 Å². The molecule has 2 atom stereocenters. The van der Waals surface area contributed by atoms with Gasteiger partial charge in [-0.25, -0.2) is 4.79 Å². The van der Waals surface area contributed by atoms with E-state index in [2.05, 4.69) is 0 Å². The molecule has 3 rings (SSSR count). The largest absolute Gasteiger partial charge is 0.491 e. The Morgan fingerprint density at radius 1 is 1.31 bits per heavy atom. The van der Waals surface area contributed by atoms with Crippen molar-refractivity contribution in [3.63, 3.8) is 0 Å². The zero-order chi connectivity index (χ0) is 21.2. The Morgan fingerprint density at radius 2 is 2.00 bits per heavy atom. The van der Waals surface area contributed by atoms with E-state index in [0.717, 1.165) is 12.1 Å². The molecular formula is C20H17F3N2O4. The summed E-state index contributed by atoms with van der Waals surface area (Å²) in [6.07, 6.45) is -5.50. The molecule has 1 fully saturated rings. The van der Waals surface area contributed by atoms with E-state index in [1.54, 1.807) is 17.9 Å². The summed E-state index contributed by atoms with van der Waals surface area (Å²) in [4.78, 5) is 12.5. The Balaban J connectivity index is 1.68. The second-order valence-electron chi connectivity index (χ2n) is 6.49. The average molecular weight is 406 g/mol. The Bertz CT molecular complexity index is 938. The summed E-state index contributed by atoms with van der Waals surface area (Å²) < 4.78 is 51.0. The highest BCUT2D eigenvalue weighted by Crippen LogP contribution is 2.36. The van der Waals surface area contributed by atoms with Crippen LogP contribution < -0.4 is 9.64 Å². The van der Waals surface area contributed by atoms with E-state index in [-0.39, 0.29) is 12.2 Å². The van der Waals surface area contributed by atoms with Crippen molar-refractivity contribution < 1.29 is 32.5 Å². The number of nitriles is 1. The number of carboxylic acid groups (broad SMARTS) is 1. The minimum Gasteiger partial charge on any atom is -0.491 e. The van der Waals surface area contributed by atoms with Crippen LogP contribution in [0, 0.1) is 11.3 Å². The molecule has 1 heterocycles. The summed E-state index contributed by atoms with van der Waals surface area (Å²) in [7, 11) is 0. The lowest BCUT2D eigenvalue weighted by atomic mass is 10.1. The first-order valence-corrected chi connectivity index (χ1v) is 8.68. The van der Waals surface area contributed by atoms with Crippen molar-refractivity contribution >= 4 is 11.7 Å². The van der Waals surface area contributed by atoms with Gasteiger partial charge in [-0.1, -0.05) is 0 Å². The number of anilines is 1. The van der Waals surface area contributed by atoms with Crippen LogP contribution in [0.2, 0.25) is 0 Å². The van der Waals surface area contributed by atoms with E-state index in [9.17, 15) is 18.0 Å². The van der Waals surface area contributed by atoms with E-state index >= 15 is 0 Å². The van der Waals surface area contributed by atoms with Gasteiger partial charge in [0.15, 0.2) is 0 Å². The Morgan fingerprint density at radius 3 is 2.59 bits per heavy atom. The Hall–Kier alpha value is -3.25. The second-order valence-corrected chi connectivity index (χ2v) is 6.49. The number of nitrogens with zero attached hydrogens (tertiary/aromatic N) is 2. The summed E-state index contributed by atoms with van der Waals surface area (Å²) in [5.41, 5.74) is -0.977. The lowest BCUT2D eigenvalue weighted by Gasteiger charge is -2.23. The summed E-state index contributed by atoms with van der Waals surface area (Å²) in [5.74, 6) is -0.580. The molecule has 0 radical (unpaired) electrons. The molecular weight excluding hydrogens is 389 g/mol. The van der Waals surface area contributed by atoms with Gasteiger partial charge in [-0.3, -0.25) is 0 Å². The van der Waals surface area contributed by atoms with Gasteiger partial charge in [0.25, 0.3) is 0 Å². The fourth-order valence-corrected chi connectivity index (χ4v) is 3.10. The SMILES string of the molecule is C[C@H]1O[C@H](COc2ccc(C(=O)O)cc2)CN1c1ccc(C#N)c(C(F)(F)F)c1. The predicted molar refractivity (Wildman–Crippen MR) is 96.7 cm³/mol. The van der Waals surface area contributed by atoms with Gasteiger partial charge in [0.1, 0.15) is 24.7 Å². The third-order valence-electron chi connectivity index (χ3n) is 4.53. The van der Waals surface area contributed by atoms with Crippen LogP contribution >= 0.6 is 0 Å². The molecule has 152 valence electrons. The molecule has 0 unspecified atom stereocenters. The van der Waals surface area contributed by atoms with E-state index in [4.69, 9.17) is 19.8 Å². The molecule has 2 aromatic rings. The van der Waals surface area contributed by atoms with Gasteiger partial charge >= 0.3 is 12.1 Å². The Kier molecular flexibility index (Phi) is 5.66. The molecule has 1 aliphatic heterocycles. The van der Waals surface area contributed by atoms with E-state index in [0.29, 0.717) is 18.0 Å². The second kappa shape index (κ2) is 8.01. The third-order valence-corrected chi connectivity index (χ3v) is 4.53. The number of carbonyl (C=O) groups is 1. The van der Waals surface area contributed by atoms with Gasteiger partial charge in [0.2, 0.25) is 0 Å². The summed E-state index contributed by atoms with van der Waals surface area (Å²) in [5, 5.41) is 17.8. The van der Waals surface area contributed by atoms with E-state index in [1.165, 1.54) is 30.3 Å². The molecule has 0 spiro atoms. The fraction of sp³-hybridized carbons (Fsp3) is 0.300. The number of hydrogen-bond donors (Lipinski definition) is 1. The number of benzene rings is 2. The molecule has 6 nitrogen and oxygen atoms in total. The molecule has 29 heavy (non-hydrogen) atoms. The van der Waals surface area contributed by atoms with Gasteiger partial charge in [-0.2, -0.15) is 18.4 Å². The van der Waals surface area contributed by atoms with Crippen molar-refractivity contribution in [2.24, 2.45) is 0 Å². The van der Waals surface area contributed by atoms with Crippen molar-refractivity contribution in [1.29, 1.82) is 5.26 Å². The normalized spacial score (nSPS) is 19.1. The minimum atomic E-state index is -4.63. The van der Waals surface area contributed by atoms with E-state index in [1.807, 2.05) is 0 Å².